The first-order chi connectivity index (χ1) is 7.45. The maximum absolute atomic E-state index is 4.43. The number of allylic oxidation sites excluding steroid dienone is 1. The molecule has 3 nitrogen and oxygen atoms in total. The van der Waals surface area contributed by atoms with Crippen LogP contribution in [0.1, 0.15) is 12.5 Å². The third-order valence-corrected chi connectivity index (χ3v) is 2.87. The van der Waals surface area contributed by atoms with Crippen molar-refractivity contribution >= 4 is 11.0 Å². The van der Waals surface area contributed by atoms with E-state index in [1.165, 1.54) is 5.39 Å². The van der Waals surface area contributed by atoms with Crippen LogP contribution in [0, 0.1) is 0 Å². The van der Waals surface area contributed by atoms with E-state index in [-0.39, 0.29) is 0 Å². The summed E-state index contributed by atoms with van der Waals surface area (Å²) in [7, 11) is 0. The second kappa shape index (κ2) is 3.42. The molecule has 0 bridgehead atoms. The van der Waals surface area contributed by atoms with E-state index in [1.54, 1.807) is 0 Å². The van der Waals surface area contributed by atoms with Crippen molar-refractivity contribution in [3.8, 4) is 0 Å². The van der Waals surface area contributed by atoms with Crippen LogP contribution in [-0.4, -0.2) is 16.1 Å². The second-order valence-corrected chi connectivity index (χ2v) is 3.84. The van der Waals surface area contributed by atoms with Crippen LogP contribution in [0.25, 0.3) is 11.0 Å². The van der Waals surface area contributed by atoms with E-state index >= 15 is 0 Å². The van der Waals surface area contributed by atoms with E-state index in [1.807, 2.05) is 18.5 Å². The molecule has 0 spiro atoms. The van der Waals surface area contributed by atoms with Gasteiger partial charge in [0.2, 0.25) is 0 Å². The first-order valence-corrected chi connectivity index (χ1v) is 5.25. The molecule has 0 fully saturated rings. The summed E-state index contributed by atoms with van der Waals surface area (Å²) in [4.78, 5) is 4.43. The maximum Gasteiger partial charge on any atom is 0.140 e. The molecule has 3 heteroatoms. The van der Waals surface area contributed by atoms with Crippen LogP contribution >= 0.6 is 0 Å². The molecular weight excluding hydrogens is 186 g/mol. The molecule has 1 aliphatic heterocycles. The number of pyridine rings is 1. The second-order valence-electron chi connectivity index (χ2n) is 3.84. The molecule has 0 saturated heterocycles. The van der Waals surface area contributed by atoms with Gasteiger partial charge in [0.1, 0.15) is 5.65 Å². The quantitative estimate of drug-likeness (QED) is 0.762. The van der Waals surface area contributed by atoms with E-state index in [9.17, 15) is 0 Å². The summed E-state index contributed by atoms with van der Waals surface area (Å²) in [6.45, 7) is 0.983. The van der Waals surface area contributed by atoms with Crippen molar-refractivity contribution in [1.29, 1.82) is 0 Å². The molecule has 0 saturated carbocycles. The van der Waals surface area contributed by atoms with Crippen molar-refractivity contribution in [3.05, 3.63) is 42.9 Å². The third kappa shape index (κ3) is 1.40. The van der Waals surface area contributed by atoms with Crippen LogP contribution in [0.4, 0.5) is 0 Å². The summed E-state index contributed by atoms with van der Waals surface area (Å²) < 4.78 is 2.26. The molecule has 3 heterocycles. The molecule has 0 aromatic carbocycles. The van der Waals surface area contributed by atoms with Crippen molar-refractivity contribution in [2.24, 2.45) is 0 Å². The standard InChI is InChI=1S/C12H13N3/c1-3-10-5-8-15(12(10)14-7-1)11-4-2-6-13-9-11/h1-3,5-8,11,13H,4,9H2. The van der Waals surface area contributed by atoms with Gasteiger partial charge in [-0.1, -0.05) is 6.08 Å². The topological polar surface area (TPSA) is 29.9 Å². The zero-order valence-electron chi connectivity index (χ0n) is 8.43. The smallest absolute Gasteiger partial charge is 0.140 e. The van der Waals surface area contributed by atoms with Crippen LogP contribution < -0.4 is 5.32 Å². The van der Waals surface area contributed by atoms with Gasteiger partial charge in [-0.3, -0.25) is 0 Å². The van der Waals surface area contributed by atoms with Gasteiger partial charge in [0.05, 0.1) is 6.04 Å². The summed E-state index contributed by atoms with van der Waals surface area (Å²) in [6.07, 6.45) is 9.25. The number of fused-ring (bicyclic) bond motifs is 1. The van der Waals surface area contributed by atoms with Crippen LogP contribution in [-0.2, 0) is 0 Å². The lowest BCUT2D eigenvalue weighted by Crippen LogP contribution is -2.24. The van der Waals surface area contributed by atoms with Gasteiger partial charge in [-0.15, -0.1) is 0 Å². The van der Waals surface area contributed by atoms with E-state index in [2.05, 4.69) is 39.3 Å². The summed E-state index contributed by atoms with van der Waals surface area (Å²) in [6, 6.07) is 6.69. The van der Waals surface area contributed by atoms with E-state index in [4.69, 9.17) is 0 Å². The molecule has 1 N–H and O–H groups in total. The molecule has 1 aliphatic rings. The van der Waals surface area contributed by atoms with E-state index in [0.29, 0.717) is 6.04 Å². The first-order valence-electron chi connectivity index (χ1n) is 5.25. The van der Waals surface area contributed by atoms with Gasteiger partial charge >= 0.3 is 0 Å². The van der Waals surface area contributed by atoms with E-state index in [0.717, 1.165) is 18.6 Å². The van der Waals surface area contributed by atoms with Crippen molar-refractivity contribution in [1.82, 2.24) is 14.9 Å². The highest BCUT2D eigenvalue weighted by Gasteiger charge is 2.13. The highest BCUT2D eigenvalue weighted by molar-refractivity contribution is 5.75. The predicted octanol–water partition coefficient (Wildman–Crippen LogP) is 2.08. The fourth-order valence-electron chi connectivity index (χ4n) is 2.09. The molecule has 76 valence electrons. The highest BCUT2D eigenvalue weighted by atomic mass is 15.1. The zero-order chi connectivity index (χ0) is 10.1. The molecule has 2 aromatic rings. The lowest BCUT2D eigenvalue weighted by Gasteiger charge is -2.21. The highest BCUT2D eigenvalue weighted by Crippen LogP contribution is 2.21. The Kier molecular flexibility index (Phi) is 1.95. The summed E-state index contributed by atoms with van der Waals surface area (Å²) in [5.41, 5.74) is 1.08. The minimum Gasteiger partial charge on any atom is -0.389 e. The zero-order valence-corrected chi connectivity index (χ0v) is 8.43. The lowest BCUT2D eigenvalue weighted by atomic mass is 10.1. The number of hydrogen-bond acceptors (Lipinski definition) is 2. The SMILES string of the molecule is C1=CNCC(n2ccc3cccnc32)C1. The van der Waals surface area contributed by atoms with E-state index < -0.39 is 0 Å². The van der Waals surface area contributed by atoms with Crippen LogP contribution in [0.5, 0.6) is 0 Å². The van der Waals surface area contributed by atoms with Gasteiger partial charge in [0, 0.05) is 24.3 Å². The first kappa shape index (κ1) is 8.53. The molecule has 0 radical (unpaired) electrons. The number of rotatable bonds is 1. The molecule has 2 aromatic heterocycles. The Morgan fingerprint density at radius 1 is 1.40 bits per heavy atom. The minimum atomic E-state index is 0.488. The fraction of sp³-hybridized carbons (Fsp3) is 0.250. The maximum atomic E-state index is 4.43. The largest absolute Gasteiger partial charge is 0.389 e. The Bertz CT molecular complexity index is 498. The Hall–Kier alpha value is -1.77. The van der Waals surface area contributed by atoms with Crippen molar-refractivity contribution in [2.45, 2.75) is 12.5 Å². The predicted molar refractivity (Wildman–Crippen MR) is 60.5 cm³/mol. The normalized spacial score (nSPS) is 20.4. The number of nitrogens with one attached hydrogen (secondary N) is 1. The Morgan fingerprint density at radius 2 is 2.40 bits per heavy atom. The fourth-order valence-corrected chi connectivity index (χ4v) is 2.09. The van der Waals surface area contributed by atoms with Gasteiger partial charge in [-0.25, -0.2) is 4.98 Å². The number of aromatic nitrogens is 2. The van der Waals surface area contributed by atoms with Crippen LogP contribution in [0.15, 0.2) is 42.9 Å². The van der Waals surface area contributed by atoms with Gasteiger partial charge in [-0.2, -0.15) is 0 Å². The molecular formula is C12H13N3. The van der Waals surface area contributed by atoms with Gasteiger partial charge < -0.3 is 9.88 Å². The van der Waals surface area contributed by atoms with Gasteiger partial charge in [0.25, 0.3) is 0 Å². The Labute approximate surface area is 88.4 Å². The third-order valence-electron chi connectivity index (χ3n) is 2.87. The molecule has 0 amide bonds. The molecule has 15 heavy (non-hydrogen) atoms. The lowest BCUT2D eigenvalue weighted by molar-refractivity contribution is 0.485. The summed E-state index contributed by atoms with van der Waals surface area (Å²) in [5.74, 6) is 0. The monoisotopic (exact) mass is 199 g/mol. The number of nitrogens with zero attached hydrogens (tertiary/aromatic N) is 2. The van der Waals surface area contributed by atoms with Crippen LogP contribution in [0.2, 0.25) is 0 Å². The summed E-state index contributed by atoms with van der Waals surface area (Å²) >= 11 is 0. The Morgan fingerprint density at radius 3 is 3.27 bits per heavy atom. The summed E-state index contributed by atoms with van der Waals surface area (Å²) in [5, 5.41) is 4.47. The van der Waals surface area contributed by atoms with Crippen molar-refractivity contribution in [2.75, 3.05) is 6.54 Å². The minimum absolute atomic E-state index is 0.488. The van der Waals surface area contributed by atoms with Crippen molar-refractivity contribution in [3.63, 3.8) is 0 Å². The van der Waals surface area contributed by atoms with Gasteiger partial charge in [0.15, 0.2) is 0 Å². The molecule has 1 unspecified atom stereocenters. The van der Waals surface area contributed by atoms with Gasteiger partial charge in [-0.05, 0) is 30.8 Å². The average Bonchev–Trinajstić information content (AvgIpc) is 2.74. The number of hydrogen-bond donors (Lipinski definition) is 1. The molecule has 3 rings (SSSR count). The average molecular weight is 199 g/mol. The molecule has 1 atom stereocenters. The van der Waals surface area contributed by atoms with Crippen LogP contribution in [0.3, 0.4) is 0 Å². The molecule has 0 aliphatic carbocycles. The van der Waals surface area contributed by atoms with Crippen molar-refractivity contribution < 1.29 is 0 Å². The Balaban J connectivity index is 2.07.